The summed E-state index contributed by atoms with van der Waals surface area (Å²) in [6.45, 7) is 4.50. The molecule has 1 aliphatic rings. The number of nitrogens with zero attached hydrogens (tertiary/aromatic N) is 2. The van der Waals surface area contributed by atoms with Crippen molar-refractivity contribution in [1.82, 2.24) is 9.36 Å². The lowest BCUT2D eigenvalue weighted by atomic mass is 9.73. The van der Waals surface area contributed by atoms with Crippen LogP contribution in [0.25, 0.3) is 0 Å². The average molecular weight is 197 g/mol. The van der Waals surface area contributed by atoms with E-state index in [0.717, 1.165) is 11.0 Å². The van der Waals surface area contributed by atoms with Crippen molar-refractivity contribution in [3.8, 4) is 0 Å². The first kappa shape index (κ1) is 8.94. The van der Waals surface area contributed by atoms with Gasteiger partial charge in [0.1, 0.15) is 6.33 Å². The van der Waals surface area contributed by atoms with Crippen molar-refractivity contribution in [2.45, 2.75) is 38.6 Å². The molecule has 1 saturated carbocycles. The summed E-state index contributed by atoms with van der Waals surface area (Å²) in [5.74, 6) is 0.802. The molecule has 0 aliphatic heterocycles. The van der Waals surface area contributed by atoms with Gasteiger partial charge in [-0.05, 0) is 32.6 Å². The molecule has 1 heterocycles. The molecule has 0 saturated heterocycles. The van der Waals surface area contributed by atoms with Crippen molar-refractivity contribution in [3.05, 3.63) is 6.33 Å². The van der Waals surface area contributed by atoms with Crippen molar-refractivity contribution in [2.75, 3.05) is 5.32 Å². The molecule has 0 aromatic carbocycles. The summed E-state index contributed by atoms with van der Waals surface area (Å²) >= 11 is 1.43. The lowest BCUT2D eigenvalue weighted by molar-refractivity contribution is 0.215. The van der Waals surface area contributed by atoms with Gasteiger partial charge in [-0.3, -0.25) is 0 Å². The van der Waals surface area contributed by atoms with Crippen LogP contribution in [0.4, 0.5) is 5.13 Å². The lowest BCUT2D eigenvalue weighted by Crippen LogP contribution is -2.42. The van der Waals surface area contributed by atoms with Gasteiger partial charge in [0.15, 0.2) is 0 Å². The molecular formula is C9H15N3S. The van der Waals surface area contributed by atoms with Crippen molar-refractivity contribution in [1.29, 1.82) is 0 Å². The van der Waals surface area contributed by atoms with Gasteiger partial charge in [-0.15, -0.1) is 0 Å². The Morgan fingerprint density at radius 1 is 1.54 bits per heavy atom. The Bertz CT molecular complexity index is 264. The van der Waals surface area contributed by atoms with Crippen LogP contribution in [0.2, 0.25) is 0 Å². The number of hydrogen-bond acceptors (Lipinski definition) is 4. The maximum absolute atomic E-state index is 4.14. The fourth-order valence-electron chi connectivity index (χ4n) is 1.74. The Kier molecular flexibility index (Phi) is 2.24. The molecule has 3 nitrogen and oxygen atoms in total. The van der Waals surface area contributed by atoms with Gasteiger partial charge in [-0.25, -0.2) is 4.98 Å². The zero-order valence-electron chi connectivity index (χ0n) is 8.08. The minimum Gasteiger partial charge on any atom is -0.355 e. The molecule has 4 heteroatoms. The highest BCUT2D eigenvalue weighted by Gasteiger charge is 2.34. The molecule has 1 aliphatic carbocycles. The summed E-state index contributed by atoms with van der Waals surface area (Å²) < 4.78 is 3.98. The van der Waals surface area contributed by atoms with Gasteiger partial charge in [0.05, 0.1) is 0 Å². The van der Waals surface area contributed by atoms with Gasteiger partial charge < -0.3 is 5.32 Å². The van der Waals surface area contributed by atoms with Gasteiger partial charge in [-0.1, -0.05) is 6.42 Å². The number of rotatable bonds is 3. The van der Waals surface area contributed by atoms with E-state index < -0.39 is 0 Å². The van der Waals surface area contributed by atoms with E-state index in [1.165, 1.54) is 30.8 Å². The van der Waals surface area contributed by atoms with Gasteiger partial charge in [0.25, 0.3) is 0 Å². The molecule has 0 amide bonds. The predicted octanol–water partition coefficient (Wildman–Crippen LogP) is 2.53. The van der Waals surface area contributed by atoms with E-state index >= 15 is 0 Å². The molecule has 0 atom stereocenters. The molecule has 2 rings (SSSR count). The van der Waals surface area contributed by atoms with Gasteiger partial charge in [0, 0.05) is 17.1 Å². The maximum Gasteiger partial charge on any atom is 0.202 e. The Hall–Kier alpha value is -0.640. The fourth-order valence-corrected chi connectivity index (χ4v) is 2.33. The van der Waals surface area contributed by atoms with Crippen LogP contribution in [0.15, 0.2) is 6.33 Å². The smallest absolute Gasteiger partial charge is 0.202 e. The molecule has 0 spiro atoms. The molecule has 1 aromatic rings. The predicted molar refractivity (Wildman–Crippen MR) is 55.0 cm³/mol. The molecule has 1 fully saturated rings. The minimum absolute atomic E-state index is 0.178. The maximum atomic E-state index is 4.14. The van der Waals surface area contributed by atoms with Crippen LogP contribution in [0.5, 0.6) is 0 Å². The van der Waals surface area contributed by atoms with Crippen molar-refractivity contribution in [3.63, 3.8) is 0 Å². The molecule has 0 radical (unpaired) electrons. The number of hydrogen-bond donors (Lipinski definition) is 1. The van der Waals surface area contributed by atoms with E-state index in [0.29, 0.717) is 0 Å². The third kappa shape index (κ3) is 1.82. The average Bonchev–Trinajstić information content (AvgIpc) is 2.32. The standard InChI is InChI=1S/C9H15N3S/c1-9(2,7-4-3-5-7)12-8-10-6-11-13-8/h6-7H,3-5H2,1-2H3,(H,10,11,12). The Labute approximate surface area is 82.8 Å². The van der Waals surface area contributed by atoms with Crippen molar-refractivity contribution >= 4 is 16.7 Å². The van der Waals surface area contributed by atoms with E-state index in [4.69, 9.17) is 0 Å². The van der Waals surface area contributed by atoms with E-state index in [9.17, 15) is 0 Å². The highest BCUT2D eigenvalue weighted by Crippen LogP contribution is 2.37. The minimum atomic E-state index is 0.178. The van der Waals surface area contributed by atoms with Gasteiger partial charge in [-0.2, -0.15) is 4.37 Å². The Balaban J connectivity index is 1.99. The summed E-state index contributed by atoms with van der Waals surface area (Å²) in [7, 11) is 0. The topological polar surface area (TPSA) is 37.8 Å². The van der Waals surface area contributed by atoms with Crippen LogP contribution in [0.1, 0.15) is 33.1 Å². The van der Waals surface area contributed by atoms with E-state index in [1.807, 2.05) is 0 Å². The van der Waals surface area contributed by atoms with Gasteiger partial charge >= 0.3 is 0 Å². The van der Waals surface area contributed by atoms with E-state index in [-0.39, 0.29) is 5.54 Å². The zero-order chi connectivity index (χ0) is 9.31. The molecule has 1 aromatic heterocycles. The SMILES string of the molecule is CC(C)(Nc1ncns1)C1CCC1. The Morgan fingerprint density at radius 3 is 2.77 bits per heavy atom. The number of nitrogens with one attached hydrogen (secondary N) is 1. The zero-order valence-corrected chi connectivity index (χ0v) is 8.90. The number of aromatic nitrogens is 2. The molecule has 0 unspecified atom stereocenters. The van der Waals surface area contributed by atoms with Crippen LogP contribution in [-0.2, 0) is 0 Å². The first-order chi connectivity index (χ1) is 6.18. The van der Waals surface area contributed by atoms with Crippen LogP contribution in [-0.4, -0.2) is 14.9 Å². The monoisotopic (exact) mass is 197 g/mol. The molecule has 13 heavy (non-hydrogen) atoms. The third-order valence-corrected chi connectivity index (χ3v) is 3.50. The second kappa shape index (κ2) is 3.25. The van der Waals surface area contributed by atoms with Crippen LogP contribution in [0.3, 0.4) is 0 Å². The molecule has 1 N–H and O–H groups in total. The summed E-state index contributed by atoms with van der Waals surface area (Å²) in [6.07, 6.45) is 5.67. The molecule has 0 bridgehead atoms. The number of anilines is 1. The van der Waals surface area contributed by atoms with Crippen LogP contribution < -0.4 is 5.32 Å². The fraction of sp³-hybridized carbons (Fsp3) is 0.778. The second-order valence-corrected chi connectivity index (χ2v) is 5.00. The summed E-state index contributed by atoms with van der Waals surface area (Å²) in [4.78, 5) is 4.14. The first-order valence-corrected chi connectivity index (χ1v) is 5.51. The quantitative estimate of drug-likeness (QED) is 0.809. The highest BCUT2D eigenvalue weighted by molar-refractivity contribution is 7.09. The first-order valence-electron chi connectivity index (χ1n) is 4.73. The molecule has 72 valence electrons. The van der Waals surface area contributed by atoms with Crippen LogP contribution >= 0.6 is 11.5 Å². The van der Waals surface area contributed by atoms with E-state index in [2.05, 4.69) is 28.5 Å². The van der Waals surface area contributed by atoms with Gasteiger partial charge in [0.2, 0.25) is 5.13 Å². The third-order valence-electron chi connectivity index (χ3n) is 2.92. The Morgan fingerprint density at radius 2 is 2.31 bits per heavy atom. The van der Waals surface area contributed by atoms with Crippen molar-refractivity contribution < 1.29 is 0 Å². The van der Waals surface area contributed by atoms with E-state index in [1.54, 1.807) is 6.33 Å². The highest BCUT2D eigenvalue weighted by atomic mass is 32.1. The van der Waals surface area contributed by atoms with Crippen LogP contribution in [0, 0.1) is 5.92 Å². The summed E-state index contributed by atoms with van der Waals surface area (Å²) in [5, 5.41) is 4.39. The lowest BCUT2D eigenvalue weighted by Gasteiger charge is -2.40. The largest absolute Gasteiger partial charge is 0.355 e. The van der Waals surface area contributed by atoms with Crippen molar-refractivity contribution in [2.24, 2.45) is 5.92 Å². The second-order valence-electron chi connectivity index (χ2n) is 4.22. The summed E-state index contributed by atoms with van der Waals surface area (Å²) in [6, 6.07) is 0. The molecular weight excluding hydrogens is 182 g/mol. The summed E-state index contributed by atoms with van der Waals surface area (Å²) in [5.41, 5.74) is 0.178. The normalized spacial score (nSPS) is 18.3.